The molecule has 94 valence electrons. The number of carbonyl (C=O) groups is 1. The molecule has 1 heterocycles. The average molecular weight is 265 g/mol. The number of carboxylic acids is 1. The van der Waals surface area contributed by atoms with Crippen LogP contribution in [-0.2, 0) is 6.54 Å². The minimum absolute atomic E-state index is 0.104. The summed E-state index contributed by atoms with van der Waals surface area (Å²) in [4.78, 5) is 24.5. The Bertz CT molecular complexity index is 632. The van der Waals surface area contributed by atoms with E-state index in [1.807, 2.05) is 0 Å². The van der Waals surface area contributed by atoms with Crippen LogP contribution in [0.4, 0.5) is 11.4 Å². The van der Waals surface area contributed by atoms with Crippen LogP contribution in [0.5, 0.6) is 0 Å². The van der Waals surface area contributed by atoms with Gasteiger partial charge in [0, 0.05) is 11.1 Å². The summed E-state index contributed by atoms with van der Waals surface area (Å²) in [5.74, 6) is -1.05. The van der Waals surface area contributed by atoms with E-state index >= 15 is 0 Å². The minimum Gasteiger partial charge on any atom is -0.478 e. The topological polar surface area (TPSA) is 108 Å². The number of nitrogens with one attached hydrogen (secondary N) is 2. The van der Waals surface area contributed by atoms with Gasteiger partial charge in [0.2, 0.25) is 0 Å². The molecule has 0 atom stereocenters. The summed E-state index contributed by atoms with van der Waals surface area (Å²) in [7, 11) is 0. The fourth-order valence-corrected chi connectivity index (χ4v) is 2.11. The third-order valence-electron chi connectivity index (χ3n) is 2.35. The lowest BCUT2D eigenvalue weighted by molar-refractivity contribution is 0.0698. The number of para-hydroxylation sites is 1. The number of nitrogen functional groups attached to an aromatic ring is 1. The molecule has 2 rings (SSSR count). The van der Waals surface area contributed by atoms with Gasteiger partial charge in [0.15, 0.2) is 0 Å². The molecule has 0 saturated carbocycles. The van der Waals surface area contributed by atoms with Gasteiger partial charge >= 0.3 is 10.8 Å². The molecule has 1 aromatic heterocycles. The molecule has 0 aliphatic carbocycles. The van der Waals surface area contributed by atoms with Crippen molar-refractivity contribution >= 4 is 28.7 Å². The zero-order chi connectivity index (χ0) is 13.1. The molecule has 0 bridgehead atoms. The molecule has 0 aliphatic heterocycles. The van der Waals surface area contributed by atoms with Crippen molar-refractivity contribution in [3.05, 3.63) is 44.5 Å². The molecule has 0 aliphatic rings. The van der Waals surface area contributed by atoms with Crippen LogP contribution in [-0.4, -0.2) is 16.1 Å². The molecule has 2 aromatic rings. The minimum atomic E-state index is -1.05. The van der Waals surface area contributed by atoms with Crippen LogP contribution in [0, 0.1) is 0 Å². The van der Waals surface area contributed by atoms with Crippen LogP contribution in [0.25, 0.3) is 0 Å². The maximum atomic E-state index is 11.0. The standard InChI is InChI=1S/C11H11N3O3S/c12-8-3-1-2-7(10(15)16)9(8)13-4-6-5-18-11(17)14-6/h1-3,5,13H,4,12H2,(H,14,17)(H,15,16). The third kappa shape index (κ3) is 2.51. The molecule has 0 amide bonds. The molecule has 0 saturated heterocycles. The molecule has 0 spiro atoms. The molecule has 5 N–H and O–H groups in total. The quantitative estimate of drug-likeness (QED) is 0.624. The Morgan fingerprint density at radius 1 is 1.50 bits per heavy atom. The number of rotatable bonds is 4. The molecule has 18 heavy (non-hydrogen) atoms. The van der Waals surface area contributed by atoms with Gasteiger partial charge < -0.3 is 21.1 Å². The van der Waals surface area contributed by atoms with Gasteiger partial charge in [0.05, 0.1) is 23.5 Å². The largest absolute Gasteiger partial charge is 0.478 e. The van der Waals surface area contributed by atoms with Crippen molar-refractivity contribution in [3.63, 3.8) is 0 Å². The van der Waals surface area contributed by atoms with Crippen molar-refractivity contribution in [2.24, 2.45) is 0 Å². The zero-order valence-electron chi connectivity index (χ0n) is 9.27. The fraction of sp³-hybridized carbons (Fsp3) is 0.0909. The van der Waals surface area contributed by atoms with E-state index in [1.165, 1.54) is 6.07 Å². The van der Waals surface area contributed by atoms with E-state index in [0.717, 1.165) is 11.3 Å². The summed E-state index contributed by atoms with van der Waals surface area (Å²) in [6.45, 7) is 0.313. The summed E-state index contributed by atoms with van der Waals surface area (Å²) < 4.78 is 0. The SMILES string of the molecule is Nc1cccc(C(=O)O)c1NCc1csc(=O)[nH]1. The number of aromatic carboxylic acids is 1. The average Bonchev–Trinajstić information content (AvgIpc) is 2.73. The van der Waals surface area contributed by atoms with Gasteiger partial charge in [0.1, 0.15) is 0 Å². The Morgan fingerprint density at radius 3 is 2.89 bits per heavy atom. The van der Waals surface area contributed by atoms with Crippen molar-refractivity contribution in [2.45, 2.75) is 6.54 Å². The Kier molecular flexibility index (Phi) is 3.33. The Balaban J connectivity index is 2.23. The second kappa shape index (κ2) is 4.92. The molecule has 0 radical (unpaired) electrons. The summed E-state index contributed by atoms with van der Waals surface area (Å²) in [5.41, 5.74) is 7.23. The van der Waals surface area contributed by atoms with E-state index in [4.69, 9.17) is 10.8 Å². The summed E-state index contributed by atoms with van der Waals surface area (Å²) in [6.07, 6.45) is 0. The maximum absolute atomic E-state index is 11.0. The van der Waals surface area contributed by atoms with Crippen molar-refractivity contribution in [1.82, 2.24) is 4.98 Å². The van der Waals surface area contributed by atoms with Gasteiger partial charge in [-0.2, -0.15) is 0 Å². The van der Waals surface area contributed by atoms with Crippen LogP contribution in [0.2, 0.25) is 0 Å². The van der Waals surface area contributed by atoms with Crippen LogP contribution in [0.1, 0.15) is 16.1 Å². The van der Waals surface area contributed by atoms with E-state index in [1.54, 1.807) is 17.5 Å². The summed E-state index contributed by atoms with van der Waals surface area (Å²) in [5, 5.41) is 13.6. The Hall–Kier alpha value is -2.28. The first-order valence-electron chi connectivity index (χ1n) is 5.10. The smallest absolute Gasteiger partial charge is 0.337 e. The zero-order valence-corrected chi connectivity index (χ0v) is 10.1. The number of hydrogen-bond acceptors (Lipinski definition) is 5. The number of aromatic amines is 1. The maximum Gasteiger partial charge on any atom is 0.337 e. The highest BCUT2D eigenvalue weighted by Crippen LogP contribution is 2.23. The van der Waals surface area contributed by atoms with E-state index in [9.17, 15) is 9.59 Å². The van der Waals surface area contributed by atoms with Crippen molar-refractivity contribution < 1.29 is 9.90 Å². The Morgan fingerprint density at radius 2 is 2.28 bits per heavy atom. The lowest BCUT2D eigenvalue weighted by atomic mass is 10.1. The highest BCUT2D eigenvalue weighted by atomic mass is 32.1. The number of nitrogens with two attached hydrogens (primary N) is 1. The van der Waals surface area contributed by atoms with Crippen molar-refractivity contribution in [1.29, 1.82) is 0 Å². The first-order valence-corrected chi connectivity index (χ1v) is 5.98. The van der Waals surface area contributed by atoms with E-state index in [2.05, 4.69) is 10.3 Å². The first-order chi connectivity index (χ1) is 8.58. The van der Waals surface area contributed by atoms with Crippen LogP contribution in [0.3, 0.4) is 0 Å². The number of carboxylic acid groups (broad SMARTS) is 1. The highest BCUT2D eigenvalue weighted by molar-refractivity contribution is 7.07. The second-order valence-electron chi connectivity index (χ2n) is 3.60. The van der Waals surface area contributed by atoms with Crippen LogP contribution in [0.15, 0.2) is 28.4 Å². The van der Waals surface area contributed by atoms with Gasteiger partial charge in [0.25, 0.3) is 0 Å². The third-order valence-corrected chi connectivity index (χ3v) is 3.07. The van der Waals surface area contributed by atoms with Crippen molar-refractivity contribution in [3.8, 4) is 0 Å². The number of H-pyrrole nitrogens is 1. The summed E-state index contributed by atoms with van der Waals surface area (Å²) in [6, 6.07) is 4.67. The van der Waals surface area contributed by atoms with E-state index < -0.39 is 5.97 Å². The number of thiazole rings is 1. The van der Waals surface area contributed by atoms with Crippen LogP contribution < -0.4 is 15.9 Å². The predicted octanol–water partition coefficient (Wildman–Crippen LogP) is 1.33. The normalized spacial score (nSPS) is 10.2. The van der Waals surface area contributed by atoms with Gasteiger partial charge in [-0.1, -0.05) is 17.4 Å². The lowest BCUT2D eigenvalue weighted by Crippen LogP contribution is -2.09. The van der Waals surface area contributed by atoms with Gasteiger partial charge in [-0.3, -0.25) is 4.79 Å². The van der Waals surface area contributed by atoms with Crippen LogP contribution >= 0.6 is 11.3 Å². The second-order valence-corrected chi connectivity index (χ2v) is 4.44. The molecule has 0 fully saturated rings. The number of aromatic nitrogens is 1. The van der Waals surface area contributed by atoms with Gasteiger partial charge in [-0.15, -0.1) is 0 Å². The number of hydrogen-bond donors (Lipinski definition) is 4. The van der Waals surface area contributed by atoms with E-state index in [0.29, 0.717) is 23.6 Å². The van der Waals surface area contributed by atoms with Gasteiger partial charge in [-0.05, 0) is 12.1 Å². The highest BCUT2D eigenvalue weighted by Gasteiger charge is 2.12. The molecule has 6 nitrogen and oxygen atoms in total. The Labute approximate surface area is 106 Å². The molecule has 7 heteroatoms. The number of anilines is 2. The monoisotopic (exact) mass is 265 g/mol. The van der Waals surface area contributed by atoms with Gasteiger partial charge in [-0.25, -0.2) is 4.79 Å². The predicted molar refractivity (Wildman–Crippen MR) is 70.1 cm³/mol. The molecular formula is C11H11N3O3S. The van der Waals surface area contributed by atoms with E-state index in [-0.39, 0.29) is 10.4 Å². The molecule has 0 unspecified atom stereocenters. The molecule has 1 aromatic carbocycles. The lowest BCUT2D eigenvalue weighted by Gasteiger charge is -2.11. The number of benzene rings is 1. The first kappa shape index (κ1) is 12.2. The van der Waals surface area contributed by atoms with Crippen molar-refractivity contribution in [2.75, 3.05) is 11.1 Å². The molecular weight excluding hydrogens is 254 g/mol. The fourth-order valence-electron chi connectivity index (χ4n) is 1.53. The summed E-state index contributed by atoms with van der Waals surface area (Å²) >= 11 is 1.06.